The number of fused-ring (bicyclic) bond motifs is 1. The molecule has 0 saturated carbocycles. The Morgan fingerprint density at radius 2 is 2.00 bits per heavy atom. The lowest BCUT2D eigenvalue weighted by atomic mass is 10.0. The largest absolute Gasteiger partial charge is 0.345 e. The second kappa shape index (κ2) is 8.78. The van der Waals surface area contributed by atoms with Crippen LogP contribution in [-0.4, -0.2) is 21.4 Å². The number of aromatic nitrogens is 2. The van der Waals surface area contributed by atoms with Gasteiger partial charge < -0.3 is 15.2 Å². The van der Waals surface area contributed by atoms with Crippen LogP contribution in [0.4, 0.5) is 5.69 Å². The molecule has 2 aromatic carbocycles. The summed E-state index contributed by atoms with van der Waals surface area (Å²) in [6, 6.07) is 15.4. The van der Waals surface area contributed by atoms with Gasteiger partial charge in [0.2, 0.25) is 11.8 Å². The molecule has 0 bridgehead atoms. The highest BCUT2D eigenvalue weighted by molar-refractivity contribution is 5.94. The van der Waals surface area contributed by atoms with Gasteiger partial charge in [0.15, 0.2) is 0 Å². The molecular formula is C24H24N4O2. The zero-order valence-electron chi connectivity index (χ0n) is 16.9. The lowest BCUT2D eigenvalue weighted by Crippen LogP contribution is -2.28. The van der Waals surface area contributed by atoms with Crippen LogP contribution in [0.1, 0.15) is 24.2 Å². The van der Waals surface area contributed by atoms with Gasteiger partial charge in [-0.2, -0.15) is 0 Å². The molecule has 0 saturated heterocycles. The Labute approximate surface area is 175 Å². The molecule has 0 atom stereocenters. The minimum Gasteiger partial charge on any atom is -0.345 e. The Balaban J connectivity index is 1.52. The first-order valence-electron chi connectivity index (χ1n) is 10.0. The number of benzene rings is 2. The van der Waals surface area contributed by atoms with E-state index in [1.54, 1.807) is 0 Å². The summed E-state index contributed by atoms with van der Waals surface area (Å²) in [5, 5.41) is 5.88. The van der Waals surface area contributed by atoms with Gasteiger partial charge in [0.05, 0.1) is 17.6 Å². The van der Waals surface area contributed by atoms with Gasteiger partial charge in [-0.05, 0) is 49.6 Å². The summed E-state index contributed by atoms with van der Waals surface area (Å²) in [5.74, 6) is 0.412. The van der Waals surface area contributed by atoms with Crippen LogP contribution in [0.25, 0.3) is 11.0 Å². The number of rotatable bonds is 6. The number of hydrogen-bond donors (Lipinski definition) is 2. The molecule has 152 valence electrons. The predicted octanol–water partition coefficient (Wildman–Crippen LogP) is 3.88. The normalized spacial score (nSPS) is 13.2. The number of imidazole rings is 1. The predicted molar refractivity (Wildman–Crippen MR) is 118 cm³/mol. The van der Waals surface area contributed by atoms with Crippen molar-refractivity contribution >= 4 is 28.5 Å². The maximum atomic E-state index is 12.7. The highest BCUT2D eigenvalue weighted by Gasteiger charge is 2.16. The number of anilines is 1. The molecule has 2 amide bonds. The number of amides is 2. The Hall–Kier alpha value is -3.67. The molecule has 0 radical (unpaired) electrons. The fourth-order valence-electron chi connectivity index (χ4n) is 3.57. The van der Waals surface area contributed by atoms with E-state index < -0.39 is 0 Å². The quantitative estimate of drug-likeness (QED) is 0.659. The van der Waals surface area contributed by atoms with Gasteiger partial charge in [-0.25, -0.2) is 4.98 Å². The number of nitrogens with zero attached hydrogens (tertiary/aromatic N) is 2. The average molecular weight is 400 g/mol. The van der Waals surface area contributed by atoms with Crippen molar-refractivity contribution < 1.29 is 9.59 Å². The number of carbonyl (C=O) groups excluding carboxylic acids is 2. The van der Waals surface area contributed by atoms with Crippen molar-refractivity contribution in [3.63, 3.8) is 0 Å². The summed E-state index contributed by atoms with van der Waals surface area (Å²) < 4.78 is 1.86. The minimum absolute atomic E-state index is 0.0952. The topological polar surface area (TPSA) is 76.0 Å². The molecular weight excluding hydrogens is 376 g/mol. The first kappa shape index (κ1) is 19.6. The molecule has 30 heavy (non-hydrogen) atoms. The Morgan fingerprint density at radius 1 is 1.13 bits per heavy atom. The van der Waals surface area contributed by atoms with Crippen LogP contribution in [0.3, 0.4) is 0 Å². The zero-order valence-corrected chi connectivity index (χ0v) is 16.9. The minimum atomic E-state index is -0.142. The Kier molecular flexibility index (Phi) is 5.75. The lowest BCUT2D eigenvalue weighted by Gasteiger charge is -2.12. The summed E-state index contributed by atoms with van der Waals surface area (Å²) in [6.45, 7) is 2.36. The first-order valence-corrected chi connectivity index (χ1v) is 10.0. The van der Waals surface area contributed by atoms with Crippen LogP contribution in [0.15, 0.2) is 72.3 Å². The van der Waals surface area contributed by atoms with Crippen molar-refractivity contribution in [1.82, 2.24) is 14.9 Å². The number of hydrogen-bond acceptors (Lipinski definition) is 3. The number of allylic oxidation sites excluding steroid dienone is 3. The third kappa shape index (κ3) is 4.49. The smallest absolute Gasteiger partial charge is 0.247 e. The van der Waals surface area contributed by atoms with Gasteiger partial charge in [0, 0.05) is 11.3 Å². The second-order valence-electron chi connectivity index (χ2n) is 7.36. The lowest BCUT2D eigenvalue weighted by molar-refractivity contribution is -0.118. The van der Waals surface area contributed by atoms with Crippen LogP contribution in [0.2, 0.25) is 0 Å². The van der Waals surface area contributed by atoms with E-state index >= 15 is 0 Å². The third-order valence-corrected chi connectivity index (χ3v) is 5.05. The van der Waals surface area contributed by atoms with Crippen molar-refractivity contribution in [2.24, 2.45) is 0 Å². The molecule has 1 heterocycles. The van der Waals surface area contributed by atoms with Crippen molar-refractivity contribution in [2.45, 2.75) is 32.9 Å². The summed E-state index contributed by atoms with van der Waals surface area (Å²) in [7, 11) is 0. The summed E-state index contributed by atoms with van der Waals surface area (Å²) in [5.41, 5.74) is 4.26. The monoisotopic (exact) mass is 400 g/mol. The van der Waals surface area contributed by atoms with E-state index in [0.717, 1.165) is 40.7 Å². The van der Waals surface area contributed by atoms with Gasteiger partial charge in [0.1, 0.15) is 12.4 Å². The van der Waals surface area contributed by atoms with Crippen LogP contribution in [0.5, 0.6) is 0 Å². The number of para-hydroxylation sites is 2. The van der Waals surface area contributed by atoms with Crippen molar-refractivity contribution in [3.05, 3.63) is 83.7 Å². The molecule has 6 nitrogen and oxygen atoms in total. The van der Waals surface area contributed by atoms with Crippen molar-refractivity contribution in [3.8, 4) is 0 Å². The summed E-state index contributed by atoms with van der Waals surface area (Å²) in [6.07, 6.45) is 7.40. The van der Waals surface area contributed by atoms with Crippen LogP contribution < -0.4 is 10.6 Å². The fourth-order valence-corrected chi connectivity index (χ4v) is 3.57. The maximum Gasteiger partial charge on any atom is 0.247 e. The average Bonchev–Trinajstić information content (AvgIpc) is 3.10. The van der Waals surface area contributed by atoms with Crippen LogP contribution in [0, 0.1) is 6.92 Å². The third-order valence-electron chi connectivity index (χ3n) is 5.05. The molecule has 1 aromatic heterocycles. The van der Waals surface area contributed by atoms with E-state index in [2.05, 4.69) is 15.6 Å². The highest BCUT2D eigenvalue weighted by atomic mass is 16.2. The molecule has 0 unspecified atom stereocenters. The van der Waals surface area contributed by atoms with E-state index in [9.17, 15) is 9.59 Å². The molecule has 1 aliphatic carbocycles. The van der Waals surface area contributed by atoms with E-state index in [-0.39, 0.29) is 24.9 Å². The van der Waals surface area contributed by atoms with Crippen molar-refractivity contribution in [2.75, 3.05) is 5.32 Å². The first-order chi connectivity index (χ1) is 14.6. The molecule has 0 fully saturated rings. The number of carbonyl (C=O) groups is 2. The van der Waals surface area contributed by atoms with Gasteiger partial charge in [-0.3, -0.25) is 9.59 Å². The number of aryl methyl sites for hydroxylation is 1. The molecule has 0 aliphatic heterocycles. The van der Waals surface area contributed by atoms with E-state index in [1.165, 1.54) is 0 Å². The molecule has 0 spiro atoms. The molecule has 1 aliphatic rings. The summed E-state index contributed by atoms with van der Waals surface area (Å²) >= 11 is 0. The molecule has 2 N–H and O–H groups in total. The summed E-state index contributed by atoms with van der Waals surface area (Å²) in [4.78, 5) is 29.8. The Bertz CT molecular complexity index is 1160. The van der Waals surface area contributed by atoms with Crippen LogP contribution >= 0.6 is 0 Å². The van der Waals surface area contributed by atoms with Crippen molar-refractivity contribution in [1.29, 1.82) is 0 Å². The Morgan fingerprint density at radius 3 is 2.80 bits per heavy atom. The van der Waals surface area contributed by atoms with E-state index in [0.29, 0.717) is 5.82 Å². The van der Waals surface area contributed by atoms with Gasteiger partial charge in [-0.1, -0.05) is 42.5 Å². The second-order valence-corrected chi connectivity index (χ2v) is 7.36. The van der Waals surface area contributed by atoms with Crippen LogP contribution in [-0.2, 0) is 22.7 Å². The van der Waals surface area contributed by atoms with E-state index in [4.69, 9.17) is 0 Å². The fraction of sp³-hybridized carbons (Fsp3) is 0.208. The SMILES string of the molecule is Cc1cccc(NC(=O)Cn2c(CNC(=O)C3=CC=CCC3)nc3ccccc32)c1. The maximum absolute atomic E-state index is 12.7. The highest BCUT2D eigenvalue weighted by Crippen LogP contribution is 2.18. The van der Waals surface area contributed by atoms with Gasteiger partial charge >= 0.3 is 0 Å². The van der Waals surface area contributed by atoms with Gasteiger partial charge in [-0.15, -0.1) is 0 Å². The molecule has 4 rings (SSSR count). The molecule has 6 heteroatoms. The molecule has 3 aromatic rings. The zero-order chi connectivity index (χ0) is 20.9. The van der Waals surface area contributed by atoms with Gasteiger partial charge in [0.25, 0.3) is 0 Å². The van der Waals surface area contributed by atoms with E-state index in [1.807, 2.05) is 78.2 Å². The standard InChI is InChI=1S/C24H24N4O2/c1-17-8-7-11-19(14-17)26-23(29)16-28-21-13-6-5-12-20(21)27-22(28)15-25-24(30)18-9-3-2-4-10-18/h2-3,5-9,11-14H,4,10,15-16H2,1H3,(H,25,30)(H,26,29). The number of nitrogens with one attached hydrogen (secondary N) is 2.